The summed E-state index contributed by atoms with van der Waals surface area (Å²) >= 11 is 0. The molecule has 7 heteroatoms. The zero-order valence-corrected chi connectivity index (χ0v) is 17.8. The van der Waals surface area contributed by atoms with Crippen LogP contribution in [0.1, 0.15) is 59.2 Å². The highest BCUT2D eigenvalue weighted by Crippen LogP contribution is 2.36. The van der Waals surface area contributed by atoms with E-state index in [0.717, 1.165) is 55.6 Å². The predicted molar refractivity (Wildman–Crippen MR) is 116 cm³/mol. The minimum atomic E-state index is -4.50. The van der Waals surface area contributed by atoms with Crippen molar-refractivity contribution < 1.29 is 22.8 Å². The molecular weight excluding hydrogens is 405 g/mol. The molecule has 31 heavy (non-hydrogen) atoms. The van der Waals surface area contributed by atoms with Crippen LogP contribution in [0.3, 0.4) is 0 Å². The SMILES string of the molecule is Cc1ccc(C(=O)CCC(=O)Nc2cc(C(F)(F)F)ccc2N2CCCCC2)cc1C. The quantitative estimate of drug-likeness (QED) is 0.577. The number of hydrogen-bond donors (Lipinski definition) is 1. The number of ketones is 1. The summed E-state index contributed by atoms with van der Waals surface area (Å²) in [5, 5.41) is 2.61. The number of carbonyl (C=O) groups excluding carboxylic acids is 2. The lowest BCUT2D eigenvalue weighted by atomic mass is 10.0. The second kappa shape index (κ2) is 9.54. The lowest BCUT2D eigenvalue weighted by molar-refractivity contribution is -0.137. The third kappa shape index (κ3) is 5.87. The summed E-state index contributed by atoms with van der Waals surface area (Å²) in [4.78, 5) is 26.9. The molecule has 4 nitrogen and oxygen atoms in total. The van der Waals surface area contributed by atoms with Gasteiger partial charge in [0.05, 0.1) is 16.9 Å². The van der Waals surface area contributed by atoms with Crippen LogP contribution in [0.15, 0.2) is 36.4 Å². The Morgan fingerprint density at radius 1 is 0.935 bits per heavy atom. The molecule has 1 aliphatic rings. The lowest BCUT2D eigenvalue weighted by Gasteiger charge is -2.31. The molecule has 1 N–H and O–H groups in total. The van der Waals surface area contributed by atoms with Gasteiger partial charge < -0.3 is 10.2 Å². The minimum absolute atomic E-state index is 0.00760. The number of Topliss-reactive ketones (excluding diaryl/α,β-unsaturated/α-hetero) is 1. The summed E-state index contributed by atoms with van der Waals surface area (Å²) in [5.41, 5.74) is 2.51. The van der Waals surface area contributed by atoms with E-state index in [-0.39, 0.29) is 24.3 Å². The molecule has 0 atom stereocenters. The fraction of sp³-hybridized carbons (Fsp3) is 0.417. The van der Waals surface area contributed by atoms with E-state index in [1.54, 1.807) is 12.1 Å². The molecule has 3 rings (SSSR count). The third-order valence-electron chi connectivity index (χ3n) is 5.70. The van der Waals surface area contributed by atoms with Gasteiger partial charge in [-0.3, -0.25) is 9.59 Å². The fourth-order valence-electron chi connectivity index (χ4n) is 3.72. The molecule has 0 aromatic heterocycles. The summed E-state index contributed by atoms with van der Waals surface area (Å²) in [7, 11) is 0. The van der Waals surface area contributed by atoms with Crippen LogP contribution in [0.25, 0.3) is 0 Å². The zero-order valence-electron chi connectivity index (χ0n) is 17.8. The first-order valence-electron chi connectivity index (χ1n) is 10.5. The van der Waals surface area contributed by atoms with E-state index >= 15 is 0 Å². The standard InChI is InChI=1S/C24H27F3N2O2/c1-16-6-7-18(14-17(16)2)22(30)10-11-23(31)28-20-15-19(24(25,26)27)8-9-21(20)29-12-4-3-5-13-29/h6-9,14-15H,3-5,10-13H2,1-2H3,(H,28,31). The highest BCUT2D eigenvalue weighted by atomic mass is 19.4. The molecule has 1 saturated heterocycles. The molecule has 2 aromatic rings. The first kappa shape index (κ1) is 22.8. The number of nitrogens with zero attached hydrogens (tertiary/aromatic N) is 1. The predicted octanol–water partition coefficient (Wildman–Crippen LogP) is 5.91. The van der Waals surface area contributed by atoms with E-state index in [2.05, 4.69) is 5.32 Å². The van der Waals surface area contributed by atoms with Gasteiger partial charge in [-0.05, 0) is 68.5 Å². The van der Waals surface area contributed by atoms with Gasteiger partial charge in [0.1, 0.15) is 0 Å². The molecule has 1 fully saturated rings. The summed E-state index contributed by atoms with van der Waals surface area (Å²) in [6, 6.07) is 8.82. The Bertz CT molecular complexity index is 964. The van der Waals surface area contributed by atoms with Crippen LogP contribution in [-0.2, 0) is 11.0 Å². The van der Waals surface area contributed by atoms with E-state index < -0.39 is 17.6 Å². The second-order valence-corrected chi connectivity index (χ2v) is 8.05. The molecule has 1 amide bonds. The van der Waals surface area contributed by atoms with Gasteiger partial charge in [0.25, 0.3) is 0 Å². The van der Waals surface area contributed by atoms with Crippen molar-refractivity contribution in [3.63, 3.8) is 0 Å². The number of carbonyl (C=O) groups is 2. The largest absolute Gasteiger partial charge is 0.416 e. The number of alkyl halides is 3. The van der Waals surface area contributed by atoms with Gasteiger partial charge in [-0.2, -0.15) is 13.2 Å². The lowest BCUT2D eigenvalue weighted by Crippen LogP contribution is -2.30. The Morgan fingerprint density at radius 3 is 2.29 bits per heavy atom. The number of rotatable bonds is 6. The van der Waals surface area contributed by atoms with Crippen molar-refractivity contribution in [2.75, 3.05) is 23.3 Å². The van der Waals surface area contributed by atoms with Crippen LogP contribution in [0.4, 0.5) is 24.5 Å². The Morgan fingerprint density at radius 2 is 1.65 bits per heavy atom. The van der Waals surface area contributed by atoms with Crippen molar-refractivity contribution in [3.05, 3.63) is 58.7 Å². The highest BCUT2D eigenvalue weighted by Gasteiger charge is 2.32. The van der Waals surface area contributed by atoms with Gasteiger partial charge in [-0.25, -0.2) is 0 Å². The summed E-state index contributed by atoms with van der Waals surface area (Å²) < 4.78 is 39.6. The fourth-order valence-corrected chi connectivity index (χ4v) is 3.72. The normalized spacial score (nSPS) is 14.4. The van der Waals surface area contributed by atoms with Gasteiger partial charge in [0.15, 0.2) is 5.78 Å². The number of halogens is 3. The van der Waals surface area contributed by atoms with Crippen LogP contribution in [0, 0.1) is 13.8 Å². The number of hydrogen-bond acceptors (Lipinski definition) is 3. The number of piperidine rings is 1. The van der Waals surface area contributed by atoms with Crippen molar-refractivity contribution in [1.82, 2.24) is 0 Å². The third-order valence-corrected chi connectivity index (χ3v) is 5.70. The Kier molecular flexibility index (Phi) is 7.03. The van der Waals surface area contributed by atoms with E-state index in [1.807, 2.05) is 24.8 Å². The van der Waals surface area contributed by atoms with Crippen LogP contribution in [-0.4, -0.2) is 24.8 Å². The molecule has 0 radical (unpaired) electrons. The molecule has 0 bridgehead atoms. The van der Waals surface area contributed by atoms with E-state index in [9.17, 15) is 22.8 Å². The number of aryl methyl sites for hydroxylation is 2. The molecule has 0 spiro atoms. The maximum atomic E-state index is 13.2. The van der Waals surface area contributed by atoms with Gasteiger partial charge in [-0.15, -0.1) is 0 Å². The van der Waals surface area contributed by atoms with Crippen molar-refractivity contribution in [3.8, 4) is 0 Å². The van der Waals surface area contributed by atoms with Crippen molar-refractivity contribution in [1.29, 1.82) is 0 Å². The molecule has 0 unspecified atom stereocenters. The molecule has 166 valence electrons. The van der Waals surface area contributed by atoms with Crippen LogP contribution in [0.2, 0.25) is 0 Å². The Balaban J connectivity index is 1.72. The molecular formula is C24H27F3N2O2. The van der Waals surface area contributed by atoms with Gasteiger partial charge in [0.2, 0.25) is 5.91 Å². The van der Waals surface area contributed by atoms with Crippen molar-refractivity contribution in [2.45, 2.75) is 52.1 Å². The number of nitrogens with one attached hydrogen (secondary N) is 1. The average Bonchev–Trinajstić information content (AvgIpc) is 2.74. The summed E-state index contributed by atoms with van der Waals surface area (Å²) in [5.74, 6) is -0.645. The minimum Gasteiger partial charge on any atom is -0.370 e. The van der Waals surface area contributed by atoms with Crippen LogP contribution < -0.4 is 10.2 Å². The number of anilines is 2. The van der Waals surface area contributed by atoms with Crippen LogP contribution >= 0.6 is 0 Å². The number of amides is 1. The van der Waals surface area contributed by atoms with Gasteiger partial charge >= 0.3 is 6.18 Å². The molecule has 0 aliphatic carbocycles. The average molecular weight is 432 g/mol. The Labute approximate surface area is 180 Å². The van der Waals surface area contributed by atoms with Crippen molar-refractivity contribution >= 4 is 23.1 Å². The molecule has 2 aromatic carbocycles. The molecule has 0 saturated carbocycles. The monoisotopic (exact) mass is 432 g/mol. The smallest absolute Gasteiger partial charge is 0.370 e. The molecule has 1 heterocycles. The summed E-state index contributed by atoms with van der Waals surface area (Å²) in [6.07, 6.45) is -1.61. The summed E-state index contributed by atoms with van der Waals surface area (Å²) in [6.45, 7) is 5.33. The first-order chi connectivity index (χ1) is 14.6. The maximum absolute atomic E-state index is 13.2. The number of benzene rings is 2. The van der Waals surface area contributed by atoms with Gasteiger partial charge in [-0.1, -0.05) is 12.1 Å². The van der Waals surface area contributed by atoms with Crippen molar-refractivity contribution in [2.24, 2.45) is 0 Å². The van der Waals surface area contributed by atoms with Gasteiger partial charge in [0, 0.05) is 31.5 Å². The Hall–Kier alpha value is -2.83. The second-order valence-electron chi connectivity index (χ2n) is 8.05. The first-order valence-corrected chi connectivity index (χ1v) is 10.5. The highest BCUT2D eigenvalue weighted by molar-refractivity contribution is 6.01. The van der Waals surface area contributed by atoms with E-state index in [4.69, 9.17) is 0 Å². The maximum Gasteiger partial charge on any atom is 0.416 e. The molecule has 1 aliphatic heterocycles. The topological polar surface area (TPSA) is 49.4 Å². The zero-order chi connectivity index (χ0) is 22.6. The van der Waals surface area contributed by atoms with E-state index in [0.29, 0.717) is 11.3 Å². The van der Waals surface area contributed by atoms with E-state index in [1.165, 1.54) is 6.07 Å². The van der Waals surface area contributed by atoms with Crippen LogP contribution in [0.5, 0.6) is 0 Å².